The van der Waals surface area contributed by atoms with Crippen molar-refractivity contribution in [2.45, 2.75) is 167 Å². The third-order valence-electron chi connectivity index (χ3n) is 19.5. The third-order valence-corrected chi connectivity index (χ3v) is 20.9. The lowest BCUT2D eigenvalue weighted by Gasteiger charge is -2.64. The van der Waals surface area contributed by atoms with Gasteiger partial charge in [-0.2, -0.15) is 0 Å². The Morgan fingerprint density at radius 3 is 1.68 bits per heavy atom. The lowest BCUT2D eigenvalue weighted by molar-refractivity contribution is -0.217. The van der Waals surface area contributed by atoms with E-state index in [4.69, 9.17) is 32.2 Å². The van der Waals surface area contributed by atoms with Crippen LogP contribution in [0.25, 0.3) is 0 Å². The van der Waals surface area contributed by atoms with Crippen LogP contribution in [0.3, 0.4) is 0 Å². The van der Waals surface area contributed by atoms with E-state index < -0.39 is 51.7 Å². The van der Waals surface area contributed by atoms with Crippen molar-refractivity contribution in [3.63, 3.8) is 0 Å². The predicted octanol–water partition coefficient (Wildman–Crippen LogP) is 6.42. The van der Waals surface area contributed by atoms with Crippen LogP contribution < -0.4 is 30.3 Å². The fraction of sp³-hybridized carbons (Fsp3) is 0.677. The average molecular weight is 1160 g/mol. The van der Waals surface area contributed by atoms with Crippen molar-refractivity contribution < 1.29 is 43.9 Å². The van der Waals surface area contributed by atoms with E-state index >= 15 is 0 Å². The zero-order valence-corrected chi connectivity index (χ0v) is 51.3. The number of aliphatic hydroxyl groups is 3. The molecule has 2 aromatic carbocycles. The molecule has 81 heavy (non-hydrogen) atoms. The zero-order valence-electron chi connectivity index (χ0n) is 49.6. The number of likely N-dealkylation sites (N-methyl/N-ethyl adjacent to an activating group) is 2. The van der Waals surface area contributed by atoms with Crippen LogP contribution in [0.5, 0.6) is 11.5 Å². The number of amides is 2. The predicted molar refractivity (Wildman–Crippen MR) is 328 cm³/mol. The molecule has 0 bridgehead atoms. The molecule has 0 unspecified atom stereocenters. The van der Waals surface area contributed by atoms with Gasteiger partial charge in [-0.1, -0.05) is 123 Å². The van der Waals surface area contributed by atoms with Crippen LogP contribution in [0, 0.1) is 21.7 Å². The third kappa shape index (κ3) is 10.0. The SMILES string of the molecule is C.CC(C)(C)CC(=O)N1CCSC1=S.CC[C@]12C=CCN3CC[C@@]4(c5ccc(OC)cc5N(C)[C@H]4[C@@](O)(CN)[C@@H]1O)[C@@H]32.CC[C@]12C=CCN3CC[C@@]4(c5ccc(OC)cc5N(C)[C@H]4[C@@](O)(CNC(=O)CC(C)(C)C)[C@@H]1OC(C)=O)[C@@H]32.[B]. The van der Waals surface area contributed by atoms with Gasteiger partial charge in [-0.25, -0.2) is 0 Å². The quantitative estimate of drug-likeness (QED) is 0.0758. The van der Waals surface area contributed by atoms with Gasteiger partial charge < -0.3 is 50.4 Å². The van der Waals surface area contributed by atoms with Gasteiger partial charge in [-0.15, -0.1) is 0 Å². The second-order valence-electron chi connectivity index (χ2n) is 26.4. The number of rotatable bonds is 10. The van der Waals surface area contributed by atoms with Crippen LogP contribution in [0.2, 0.25) is 0 Å². The molecule has 7 heterocycles. The van der Waals surface area contributed by atoms with Crippen molar-refractivity contribution in [2.24, 2.45) is 27.4 Å². The summed E-state index contributed by atoms with van der Waals surface area (Å²) in [6, 6.07) is 11.9. The molecule has 16 nitrogen and oxygen atoms in total. The summed E-state index contributed by atoms with van der Waals surface area (Å²) in [7, 11) is 7.36. The maximum Gasteiger partial charge on any atom is 0.303 e. The minimum absolute atomic E-state index is 0. The molecular weight excluding hydrogens is 1060 g/mol. The summed E-state index contributed by atoms with van der Waals surface area (Å²) in [4.78, 5) is 48.4. The number of aliphatic hydroxyl groups excluding tert-OH is 1. The Bertz CT molecular complexity index is 2780. The number of thioether (sulfide) groups is 1. The van der Waals surface area contributed by atoms with Gasteiger partial charge in [0.25, 0.3) is 0 Å². The largest absolute Gasteiger partial charge is 0.497 e. The minimum Gasteiger partial charge on any atom is -0.497 e. The summed E-state index contributed by atoms with van der Waals surface area (Å²) in [6.45, 7) is 22.3. The van der Waals surface area contributed by atoms with Crippen molar-refractivity contribution in [3.05, 3.63) is 71.8 Å². The van der Waals surface area contributed by atoms with Gasteiger partial charge in [0.2, 0.25) is 11.8 Å². The van der Waals surface area contributed by atoms with Gasteiger partial charge in [-0.3, -0.25) is 29.1 Å². The second kappa shape index (κ2) is 23.0. The molecule has 2 aromatic rings. The monoisotopic (exact) mass is 1150 g/mol. The molecule has 3 saturated heterocycles. The van der Waals surface area contributed by atoms with E-state index in [2.05, 4.69) is 102 Å². The number of methoxy groups -OCH3 is 2. The molecule has 2 aliphatic carbocycles. The van der Waals surface area contributed by atoms with Crippen LogP contribution >= 0.6 is 24.0 Å². The fourth-order valence-corrected chi connectivity index (χ4v) is 18.2. The summed E-state index contributed by atoms with van der Waals surface area (Å²) < 4.78 is 18.0. The number of hydrogen-bond acceptors (Lipinski definition) is 16. The summed E-state index contributed by atoms with van der Waals surface area (Å²) in [5, 5.41) is 39.6. The Hall–Kier alpha value is -4.21. The van der Waals surface area contributed by atoms with Crippen LogP contribution in [-0.2, 0) is 30.0 Å². The Morgan fingerprint density at radius 2 is 1.25 bits per heavy atom. The molecule has 445 valence electrons. The lowest BCUT2D eigenvalue weighted by Crippen LogP contribution is -2.81. The van der Waals surface area contributed by atoms with E-state index in [1.165, 1.54) is 18.1 Å². The Balaban J connectivity index is 0.000000193. The number of benzene rings is 2. The van der Waals surface area contributed by atoms with Crippen molar-refractivity contribution in [2.75, 3.05) is 89.7 Å². The highest BCUT2D eigenvalue weighted by Gasteiger charge is 2.79. The number of carbonyl (C=O) groups excluding carboxylic acids is 3. The number of nitrogens with one attached hydrogen (secondary N) is 1. The Morgan fingerprint density at radius 1 is 0.765 bits per heavy atom. The number of anilines is 2. The maximum atomic E-state index is 13.1. The normalized spacial score (nSPS) is 34.6. The van der Waals surface area contributed by atoms with Crippen LogP contribution in [0.1, 0.15) is 119 Å². The summed E-state index contributed by atoms with van der Waals surface area (Å²) in [5.74, 6) is 2.12. The highest BCUT2D eigenvalue weighted by atomic mass is 32.2. The fourth-order valence-electron chi connectivity index (χ4n) is 16.9. The number of carbonyl (C=O) groups is 3. The molecular formula is C62H93BN7O9S2. The first-order valence-corrected chi connectivity index (χ1v) is 29.9. The summed E-state index contributed by atoms with van der Waals surface area (Å²) in [5.41, 5.74) is 5.81. The van der Waals surface area contributed by atoms with Gasteiger partial charge >= 0.3 is 5.97 Å². The van der Waals surface area contributed by atoms with Crippen molar-refractivity contribution in [3.8, 4) is 11.5 Å². The molecule has 19 heteroatoms. The minimum atomic E-state index is -1.55. The number of esters is 1. The number of nitrogens with two attached hydrogens (primary N) is 1. The summed E-state index contributed by atoms with van der Waals surface area (Å²) >= 11 is 6.67. The average Bonchev–Trinajstić information content (AvgIpc) is 1.97. The van der Waals surface area contributed by atoms with E-state index in [1.807, 2.05) is 53.1 Å². The maximum absolute atomic E-state index is 13.1. The smallest absolute Gasteiger partial charge is 0.303 e. The Labute approximate surface area is 494 Å². The number of fused-ring (bicyclic) bond motifs is 2. The van der Waals surface area contributed by atoms with Gasteiger partial charge in [0, 0.05) is 131 Å². The van der Waals surface area contributed by atoms with Gasteiger partial charge in [0.1, 0.15) is 33.1 Å². The van der Waals surface area contributed by atoms with E-state index in [0.29, 0.717) is 19.3 Å². The molecule has 5 fully saturated rings. The van der Waals surface area contributed by atoms with E-state index in [1.54, 1.807) is 30.9 Å². The highest BCUT2D eigenvalue weighted by molar-refractivity contribution is 8.23. The van der Waals surface area contributed by atoms with Crippen LogP contribution in [0.15, 0.2) is 60.7 Å². The number of hydrogen-bond donors (Lipinski definition) is 5. The number of ether oxygens (including phenoxy) is 3. The first-order valence-electron chi connectivity index (χ1n) is 28.5. The standard InChI is InChI=1S/C30H43N3O5.C22H31N3O3.C9H15NOS2.CH4.B/c1-8-28-12-9-14-33-15-13-29(24(28)33)21-11-10-20(37-7)16-22(21)32(6)25(29)30(36,26(28)38-19(2)34)18-31-23(35)17-27(3,4)5;1-4-20-8-5-10-25-11-9-21(17(20)25)15-7-6-14(28-3)12-16(15)24(2)18(21)22(27,13-23)19(20)26;1-9(2,3)6-7(11)10-4-5-13-8(10)12;;/h9-12,16,24-26,36H,8,13-15,17-18H2,1-7H3,(H,31,35);5-8,12,17-19,26-27H,4,9-11,13,23H2,1-3H3;4-6H2,1-3H3;1H4;/t24-,25+,26+,28+,29+,30-;17-,18+,19+,20+,21+,22-;;;/m00.../s1. The van der Waals surface area contributed by atoms with E-state index in [9.17, 15) is 29.7 Å². The van der Waals surface area contributed by atoms with Gasteiger partial charge in [0.15, 0.2) is 0 Å². The molecule has 12 atom stereocenters. The molecule has 7 aliphatic heterocycles. The van der Waals surface area contributed by atoms with Gasteiger partial charge in [-0.05, 0) is 72.9 Å². The van der Waals surface area contributed by atoms with E-state index in [-0.39, 0.29) is 75.1 Å². The second-order valence-corrected chi connectivity index (χ2v) is 28.1. The van der Waals surface area contributed by atoms with Crippen LogP contribution in [0.4, 0.5) is 11.4 Å². The molecule has 11 rings (SSSR count). The highest BCUT2D eigenvalue weighted by Crippen LogP contribution is 2.69. The first-order chi connectivity index (χ1) is 37.1. The molecule has 9 aliphatic rings. The molecule has 2 saturated carbocycles. The van der Waals surface area contributed by atoms with E-state index in [0.717, 1.165) is 84.9 Å². The topological polar surface area (TPSA) is 194 Å². The van der Waals surface area contributed by atoms with Crippen molar-refractivity contribution in [1.29, 1.82) is 0 Å². The number of thiocarbonyl (C=S) groups is 1. The number of nitrogens with zero attached hydrogens (tertiary/aromatic N) is 5. The lowest BCUT2D eigenvalue weighted by atomic mass is 9.47. The zero-order chi connectivity index (χ0) is 57.6. The van der Waals surface area contributed by atoms with Gasteiger partial charge in [0.05, 0.1) is 39.0 Å². The molecule has 0 aromatic heterocycles. The van der Waals surface area contributed by atoms with Crippen LogP contribution in [-0.4, -0.2) is 188 Å². The van der Waals surface area contributed by atoms with Crippen molar-refractivity contribution >= 4 is 65.9 Å². The Kier molecular flexibility index (Phi) is 18.3. The summed E-state index contributed by atoms with van der Waals surface area (Å²) in [6.07, 6.45) is 11.1. The molecule has 6 N–H and O–H groups in total. The molecule has 2 amide bonds. The molecule has 2 spiro atoms. The first kappa shape index (κ1) is 64.4. The molecule has 3 radical (unpaired) electrons. The van der Waals surface area contributed by atoms with Crippen molar-refractivity contribution in [1.82, 2.24) is 20.0 Å².